The minimum Gasteiger partial charge on any atom is -0.480 e. The van der Waals surface area contributed by atoms with Crippen LogP contribution in [-0.4, -0.2) is 58.4 Å². The van der Waals surface area contributed by atoms with E-state index in [1.165, 1.54) is 16.7 Å². The number of ether oxygens (including phenoxy) is 1. The molecule has 0 saturated carbocycles. The number of carboxylic acid groups (broad SMARTS) is 1. The number of nitrogens with zero attached hydrogens (tertiary/aromatic N) is 2. The van der Waals surface area contributed by atoms with Gasteiger partial charge in [0.05, 0.1) is 19.0 Å². The van der Waals surface area contributed by atoms with Gasteiger partial charge in [-0.05, 0) is 12.1 Å². The molecule has 0 bridgehead atoms. The van der Waals surface area contributed by atoms with E-state index < -0.39 is 12.0 Å². The molecule has 1 fully saturated rings. The highest BCUT2D eigenvalue weighted by Crippen LogP contribution is 2.18. The molecule has 1 atom stereocenters. The normalized spacial score (nSPS) is 19.2. The van der Waals surface area contributed by atoms with Crippen LogP contribution >= 0.6 is 11.8 Å². The van der Waals surface area contributed by atoms with Gasteiger partial charge in [-0.15, -0.1) is 11.8 Å². The number of aliphatic carboxylic acids is 1. The number of thioether (sulfide) groups is 1. The summed E-state index contributed by atoms with van der Waals surface area (Å²) in [6, 6.07) is 2.75. The second kappa shape index (κ2) is 6.53. The summed E-state index contributed by atoms with van der Waals surface area (Å²) < 4.78 is 5.10. The third-order valence-corrected chi connectivity index (χ3v) is 3.74. The van der Waals surface area contributed by atoms with Crippen molar-refractivity contribution in [1.29, 1.82) is 0 Å². The SMILES string of the molecule is O=C(O)C1COCCN1C(=O)CSc1ccncc1. The summed E-state index contributed by atoms with van der Waals surface area (Å²) >= 11 is 1.37. The Kier molecular flexibility index (Phi) is 4.75. The maximum absolute atomic E-state index is 12.1. The predicted molar refractivity (Wildman–Crippen MR) is 68.9 cm³/mol. The molecule has 0 aliphatic carbocycles. The lowest BCUT2D eigenvalue weighted by Crippen LogP contribution is -2.53. The van der Waals surface area contributed by atoms with Crippen LogP contribution in [-0.2, 0) is 14.3 Å². The van der Waals surface area contributed by atoms with Gasteiger partial charge >= 0.3 is 5.97 Å². The minimum absolute atomic E-state index is 0.0565. The molecule has 0 radical (unpaired) electrons. The zero-order chi connectivity index (χ0) is 13.7. The molecule has 1 unspecified atom stereocenters. The van der Waals surface area contributed by atoms with Crippen LogP contribution in [0.1, 0.15) is 0 Å². The van der Waals surface area contributed by atoms with Gasteiger partial charge in [-0.1, -0.05) is 0 Å². The smallest absolute Gasteiger partial charge is 0.328 e. The van der Waals surface area contributed by atoms with Gasteiger partial charge in [0.1, 0.15) is 0 Å². The second-order valence-electron chi connectivity index (χ2n) is 3.99. The zero-order valence-corrected chi connectivity index (χ0v) is 11.0. The molecule has 1 saturated heterocycles. The number of carboxylic acids is 1. The van der Waals surface area contributed by atoms with Gasteiger partial charge in [-0.3, -0.25) is 9.78 Å². The summed E-state index contributed by atoms with van der Waals surface area (Å²) in [5.41, 5.74) is 0. The van der Waals surface area contributed by atoms with Gasteiger partial charge < -0.3 is 14.7 Å². The van der Waals surface area contributed by atoms with Crippen LogP contribution in [0.3, 0.4) is 0 Å². The Hall–Kier alpha value is -1.60. The molecule has 0 spiro atoms. The number of aromatic nitrogens is 1. The Morgan fingerprint density at radius 2 is 2.21 bits per heavy atom. The van der Waals surface area contributed by atoms with Crippen molar-refractivity contribution in [2.24, 2.45) is 0 Å². The molecular formula is C12H14N2O4S. The van der Waals surface area contributed by atoms with Crippen LogP contribution < -0.4 is 0 Å². The summed E-state index contributed by atoms with van der Waals surface area (Å²) in [5, 5.41) is 9.05. The number of rotatable bonds is 4. The maximum Gasteiger partial charge on any atom is 0.328 e. The van der Waals surface area contributed by atoms with E-state index in [-0.39, 0.29) is 18.3 Å². The van der Waals surface area contributed by atoms with Crippen LogP contribution in [0.5, 0.6) is 0 Å². The molecule has 1 aromatic heterocycles. The number of hydrogen-bond acceptors (Lipinski definition) is 5. The van der Waals surface area contributed by atoms with Crippen molar-refractivity contribution in [1.82, 2.24) is 9.88 Å². The number of carbonyl (C=O) groups is 2. The monoisotopic (exact) mass is 282 g/mol. The number of amides is 1. The Morgan fingerprint density at radius 1 is 1.47 bits per heavy atom. The zero-order valence-electron chi connectivity index (χ0n) is 10.2. The third-order valence-electron chi connectivity index (χ3n) is 2.75. The molecule has 1 aromatic rings. The van der Waals surface area contributed by atoms with Crippen molar-refractivity contribution in [2.45, 2.75) is 10.9 Å². The average molecular weight is 282 g/mol. The van der Waals surface area contributed by atoms with Gasteiger partial charge in [0.25, 0.3) is 0 Å². The van der Waals surface area contributed by atoms with E-state index >= 15 is 0 Å². The second-order valence-corrected chi connectivity index (χ2v) is 5.04. The van der Waals surface area contributed by atoms with Crippen LogP contribution in [0.2, 0.25) is 0 Å². The first-order chi connectivity index (χ1) is 9.18. The van der Waals surface area contributed by atoms with Gasteiger partial charge in [-0.25, -0.2) is 4.79 Å². The molecule has 2 rings (SSSR count). The van der Waals surface area contributed by atoms with Gasteiger partial charge in [0.2, 0.25) is 5.91 Å². The van der Waals surface area contributed by atoms with E-state index in [2.05, 4.69) is 4.98 Å². The molecule has 2 heterocycles. The lowest BCUT2D eigenvalue weighted by Gasteiger charge is -2.32. The number of morpholine rings is 1. The average Bonchev–Trinajstić information content (AvgIpc) is 2.46. The van der Waals surface area contributed by atoms with Crippen LogP contribution in [0, 0.1) is 0 Å². The quantitative estimate of drug-likeness (QED) is 0.809. The molecule has 7 heteroatoms. The van der Waals surface area contributed by atoms with Gasteiger partial charge in [-0.2, -0.15) is 0 Å². The molecule has 0 aromatic carbocycles. The van der Waals surface area contributed by atoms with Gasteiger partial charge in [0.15, 0.2) is 6.04 Å². The molecule has 1 amide bonds. The maximum atomic E-state index is 12.1. The molecule has 1 N–H and O–H groups in total. The van der Waals surface area contributed by atoms with E-state index in [1.807, 2.05) is 12.1 Å². The fraction of sp³-hybridized carbons (Fsp3) is 0.417. The fourth-order valence-corrected chi connectivity index (χ4v) is 2.54. The summed E-state index contributed by atoms with van der Waals surface area (Å²) in [6.45, 7) is 0.767. The van der Waals surface area contributed by atoms with E-state index in [1.54, 1.807) is 12.4 Å². The van der Waals surface area contributed by atoms with Crippen LogP contribution in [0.15, 0.2) is 29.4 Å². The highest BCUT2D eigenvalue weighted by Gasteiger charge is 2.32. The lowest BCUT2D eigenvalue weighted by molar-refractivity contribution is -0.157. The fourth-order valence-electron chi connectivity index (χ4n) is 1.77. The standard InChI is InChI=1S/C12H14N2O4S/c15-11(8-19-9-1-3-13-4-2-9)14-5-6-18-7-10(14)12(16)17/h1-4,10H,5-8H2,(H,16,17). The number of carbonyl (C=O) groups excluding carboxylic acids is 1. The molecule has 19 heavy (non-hydrogen) atoms. The Bertz CT molecular complexity index is 454. The Balaban J connectivity index is 1.93. The highest BCUT2D eigenvalue weighted by atomic mass is 32.2. The first kappa shape index (κ1) is 13.8. The van der Waals surface area contributed by atoms with Crippen molar-refractivity contribution in [2.75, 3.05) is 25.5 Å². The number of hydrogen-bond donors (Lipinski definition) is 1. The molecule has 6 nitrogen and oxygen atoms in total. The Morgan fingerprint density at radius 3 is 2.89 bits per heavy atom. The summed E-state index contributed by atoms with van der Waals surface area (Å²) in [6.07, 6.45) is 3.31. The third kappa shape index (κ3) is 3.68. The number of pyridine rings is 1. The Labute approximate surface area is 114 Å². The molecule has 102 valence electrons. The molecule has 1 aliphatic heterocycles. The van der Waals surface area contributed by atoms with E-state index in [0.717, 1.165) is 4.90 Å². The van der Waals surface area contributed by atoms with Crippen molar-refractivity contribution in [3.63, 3.8) is 0 Å². The topological polar surface area (TPSA) is 79.7 Å². The first-order valence-corrected chi connectivity index (χ1v) is 6.80. The van der Waals surface area contributed by atoms with Crippen molar-refractivity contribution < 1.29 is 19.4 Å². The van der Waals surface area contributed by atoms with Crippen molar-refractivity contribution >= 4 is 23.6 Å². The molecule has 1 aliphatic rings. The van der Waals surface area contributed by atoms with E-state index in [9.17, 15) is 9.59 Å². The summed E-state index contributed by atoms with van der Waals surface area (Å²) in [4.78, 5) is 29.3. The molecular weight excluding hydrogens is 268 g/mol. The largest absolute Gasteiger partial charge is 0.480 e. The summed E-state index contributed by atoms with van der Waals surface area (Å²) in [7, 11) is 0. The highest BCUT2D eigenvalue weighted by molar-refractivity contribution is 8.00. The first-order valence-electron chi connectivity index (χ1n) is 5.81. The van der Waals surface area contributed by atoms with Crippen molar-refractivity contribution in [3.8, 4) is 0 Å². The van der Waals surface area contributed by atoms with Crippen LogP contribution in [0.4, 0.5) is 0 Å². The lowest BCUT2D eigenvalue weighted by atomic mass is 10.2. The summed E-state index contributed by atoms with van der Waals surface area (Å²) in [5.74, 6) is -0.993. The van der Waals surface area contributed by atoms with Crippen molar-refractivity contribution in [3.05, 3.63) is 24.5 Å². The predicted octanol–water partition coefficient (Wildman–Crippen LogP) is 0.486. The van der Waals surface area contributed by atoms with E-state index in [4.69, 9.17) is 9.84 Å². The van der Waals surface area contributed by atoms with Gasteiger partial charge in [0, 0.05) is 23.8 Å². The van der Waals surface area contributed by atoms with E-state index in [0.29, 0.717) is 13.2 Å². The minimum atomic E-state index is -1.03. The van der Waals surface area contributed by atoms with Crippen LogP contribution in [0.25, 0.3) is 0 Å².